The molecule has 0 saturated carbocycles. The largest absolute Gasteiger partial charge is 0.457 e. The summed E-state index contributed by atoms with van der Waals surface area (Å²) >= 11 is 7.29. The van der Waals surface area contributed by atoms with Gasteiger partial charge in [-0.15, -0.1) is 11.8 Å². The number of ether oxygens (including phenoxy) is 4. The van der Waals surface area contributed by atoms with Crippen LogP contribution in [0, 0.1) is 0 Å². The van der Waals surface area contributed by atoms with E-state index in [-0.39, 0.29) is 6.61 Å². The summed E-state index contributed by atoms with van der Waals surface area (Å²) in [5, 5.41) is -1.34. The van der Waals surface area contributed by atoms with E-state index in [1.807, 2.05) is 0 Å². The van der Waals surface area contributed by atoms with Crippen molar-refractivity contribution in [3.63, 3.8) is 0 Å². The Hall–Kier alpha value is -3.74. The summed E-state index contributed by atoms with van der Waals surface area (Å²) in [4.78, 5) is 67.1. The molecule has 2 fully saturated rings. The molecule has 0 unspecified atom stereocenters. The first-order valence-corrected chi connectivity index (χ1v) is 19.0. The van der Waals surface area contributed by atoms with E-state index in [1.54, 1.807) is 44.2 Å². The molecule has 4 rings (SSSR count). The summed E-state index contributed by atoms with van der Waals surface area (Å²) in [7, 11) is -3.99. The van der Waals surface area contributed by atoms with Crippen LogP contribution in [0.15, 0.2) is 42.5 Å². The van der Waals surface area contributed by atoms with Gasteiger partial charge in [0.25, 0.3) is 21.8 Å². The lowest BCUT2D eigenvalue weighted by Crippen LogP contribution is -2.76. The van der Waals surface area contributed by atoms with Crippen molar-refractivity contribution in [2.24, 2.45) is 0 Å². The van der Waals surface area contributed by atoms with Crippen LogP contribution in [-0.2, 0) is 50.2 Å². The van der Waals surface area contributed by atoms with E-state index in [0.717, 1.165) is 42.6 Å². The number of benzene rings is 2. The molecule has 18 heteroatoms. The van der Waals surface area contributed by atoms with Crippen LogP contribution in [0.3, 0.4) is 0 Å². The number of nitrogens with one attached hydrogen (secondary N) is 1. The second-order valence-corrected chi connectivity index (χ2v) is 15.8. The molecular formula is C34H44ClN3O12S2. The maximum absolute atomic E-state index is 13.5. The number of rotatable bonds is 13. The van der Waals surface area contributed by atoms with Gasteiger partial charge in [-0.1, -0.05) is 62.7 Å². The molecule has 286 valence electrons. The maximum Gasteiger partial charge on any atom is 0.361 e. The smallest absolute Gasteiger partial charge is 0.361 e. The van der Waals surface area contributed by atoms with Crippen molar-refractivity contribution in [1.29, 1.82) is 0 Å². The number of thioether (sulfide) groups is 1. The Bertz CT molecular complexity index is 1770. The minimum absolute atomic E-state index is 0.0947. The van der Waals surface area contributed by atoms with E-state index in [2.05, 4.69) is 31.0 Å². The molecule has 0 spiro atoms. The molecule has 2 amide bonds. The molecule has 0 aliphatic carbocycles. The Labute approximate surface area is 312 Å². The number of amides is 2. The second-order valence-electron chi connectivity index (χ2n) is 12.2. The van der Waals surface area contributed by atoms with Crippen LogP contribution >= 0.6 is 23.4 Å². The maximum atomic E-state index is 13.5. The Morgan fingerprint density at radius 1 is 1.02 bits per heavy atom. The highest BCUT2D eigenvalue weighted by Crippen LogP contribution is 2.57. The van der Waals surface area contributed by atoms with Gasteiger partial charge in [-0.05, 0) is 56.7 Å². The third-order valence-electron chi connectivity index (χ3n) is 8.41. The number of carbonyl (C=O) groups is 5. The number of esters is 3. The molecule has 4 atom stereocenters. The first-order chi connectivity index (χ1) is 24.3. The van der Waals surface area contributed by atoms with Crippen molar-refractivity contribution in [3.8, 4) is 11.5 Å². The number of hydrogen-bond donors (Lipinski definition) is 2. The van der Waals surface area contributed by atoms with Gasteiger partial charge in [0.05, 0.1) is 9.77 Å². The Morgan fingerprint density at radius 3 is 2.08 bits per heavy atom. The minimum Gasteiger partial charge on any atom is -0.457 e. The molecule has 2 heterocycles. The number of carbonyl (C=O) groups excluding carboxylic acids is 5. The zero-order valence-corrected chi connectivity index (χ0v) is 32.5. The summed E-state index contributed by atoms with van der Waals surface area (Å²) < 4.78 is 55.1. The van der Waals surface area contributed by atoms with Crippen molar-refractivity contribution in [1.82, 2.24) is 15.1 Å². The predicted octanol–water partition coefficient (Wildman–Crippen LogP) is 3.73. The van der Waals surface area contributed by atoms with Gasteiger partial charge < -0.3 is 29.2 Å². The SMILES string of the molecule is CCN(CC)CC.CO[C@@]1(C(=O)OCc2ccccc2)N2C(=O)[C@H](NC(=O)[C@@H](c3cc(Cl)c(OC(C)=O)c(OC(C)=O)c3)S(=O)(=O)O)[C@H]2SC1(C)C. The lowest BCUT2D eigenvalue weighted by molar-refractivity contribution is -0.216. The van der Waals surface area contributed by atoms with E-state index in [1.165, 1.54) is 26.7 Å². The third-order valence-corrected chi connectivity index (χ3v) is 11.4. The van der Waals surface area contributed by atoms with Gasteiger partial charge in [0.2, 0.25) is 5.91 Å². The Kier molecular flexibility index (Phi) is 14.3. The quantitative estimate of drug-likeness (QED) is 0.129. The fourth-order valence-corrected chi connectivity index (χ4v) is 8.67. The summed E-state index contributed by atoms with van der Waals surface area (Å²) in [5.41, 5.74) is -1.66. The monoisotopic (exact) mass is 785 g/mol. The summed E-state index contributed by atoms with van der Waals surface area (Å²) in [6, 6.07) is 9.31. The topological polar surface area (TPSA) is 195 Å². The molecule has 2 aliphatic rings. The molecule has 2 aromatic carbocycles. The molecule has 2 aliphatic heterocycles. The molecule has 2 saturated heterocycles. The van der Waals surface area contributed by atoms with Crippen LogP contribution in [0.1, 0.15) is 64.8 Å². The van der Waals surface area contributed by atoms with Crippen LogP contribution in [0.2, 0.25) is 5.02 Å². The molecule has 0 aromatic heterocycles. The van der Waals surface area contributed by atoms with Crippen molar-refractivity contribution in [2.45, 2.75) is 82.2 Å². The fraction of sp³-hybridized carbons (Fsp3) is 0.500. The fourth-order valence-electron chi connectivity index (χ4n) is 5.89. The van der Waals surface area contributed by atoms with E-state index in [9.17, 15) is 36.9 Å². The Balaban J connectivity index is 0.000000944. The summed E-state index contributed by atoms with van der Waals surface area (Å²) in [6.45, 7) is 15.4. The number of β-lactam (4-membered cyclic amide) rings is 1. The molecule has 15 nitrogen and oxygen atoms in total. The molecule has 2 N–H and O–H groups in total. The van der Waals surface area contributed by atoms with Gasteiger partial charge in [0, 0.05) is 21.0 Å². The number of methoxy groups -OCH3 is 1. The predicted molar refractivity (Wildman–Crippen MR) is 192 cm³/mol. The van der Waals surface area contributed by atoms with Gasteiger partial charge in [-0.25, -0.2) is 4.79 Å². The van der Waals surface area contributed by atoms with Crippen molar-refractivity contribution in [3.05, 3.63) is 58.6 Å². The first-order valence-electron chi connectivity index (χ1n) is 16.3. The highest BCUT2D eigenvalue weighted by Gasteiger charge is 2.74. The van der Waals surface area contributed by atoms with Gasteiger partial charge in [0.1, 0.15) is 18.0 Å². The first kappa shape index (κ1) is 42.7. The molecule has 0 radical (unpaired) electrons. The second kappa shape index (κ2) is 17.4. The number of halogens is 1. The highest BCUT2D eigenvalue weighted by molar-refractivity contribution is 8.01. The van der Waals surface area contributed by atoms with Crippen LogP contribution in [0.5, 0.6) is 11.5 Å². The lowest BCUT2D eigenvalue weighted by atomic mass is 9.91. The van der Waals surface area contributed by atoms with Crippen LogP contribution in [-0.4, -0.2) is 101 Å². The van der Waals surface area contributed by atoms with Gasteiger partial charge in [-0.2, -0.15) is 8.42 Å². The van der Waals surface area contributed by atoms with Gasteiger partial charge in [-0.3, -0.25) is 28.6 Å². The normalized spacial score (nSPS) is 20.8. The standard InChI is InChI=1S/C28H29ClN2O12S2.C6H15N/c1-14(32)42-19-12-17(11-18(29)21(19)43-15(2)33)22(45(37,38)39)23(34)30-20-24(35)31-25(20)44-27(3,4)28(31,40-5)26(36)41-13-16-9-7-6-8-10-16;1-4-7(5-2)6-3/h6-12,20,22,25H,13H2,1-5H3,(H,30,34)(H,37,38,39);4-6H2,1-3H3/t20-,22+,25+,28+;/m0./s1. The highest BCUT2D eigenvalue weighted by atomic mass is 35.5. The molecule has 0 bridgehead atoms. The van der Waals surface area contributed by atoms with E-state index in [4.69, 9.17) is 30.5 Å². The summed E-state index contributed by atoms with van der Waals surface area (Å²) in [6.07, 6.45) is 0. The van der Waals surface area contributed by atoms with Crippen LogP contribution < -0.4 is 14.8 Å². The van der Waals surface area contributed by atoms with Gasteiger partial charge >= 0.3 is 17.9 Å². The molecule has 2 aromatic rings. The van der Waals surface area contributed by atoms with Crippen molar-refractivity contribution < 1.29 is 55.9 Å². The van der Waals surface area contributed by atoms with Crippen LogP contribution in [0.4, 0.5) is 0 Å². The number of fused-ring (bicyclic) bond motifs is 1. The van der Waals surface area contributed by atoms with E-state index < -0.39 is 89.1 Å². The minimum atomic E-state index is -5.23. The zero-order chi connectivity index (χ0) is 39.2. The number of nitrogens with zero attached hydrogens (tertiary/aromatic N) is 2. The van der Waals surface area contributed by atoms with E-state index >= 15 is 0 Å². The van der Waals surface area contributed by atoms with E-state index in [0.29, 0.717) is 5.56 Å². The van der Waals surface area contributed by atoms with Crippen molar-refractivity contribution >= 4 is 63.2 Å². The summed E-state index contributed by atoms with van der Waals surface area (Å²) in [5.74, 6) is -5.62. The third kappa shape index (κ3) is 9.06. The average molecular weight is 786 g/mol. The average Bonchev–Trinajstić information content (AvgIpc) is 3.28. The lowest BCUT2D eigenvalue weighted by Gasteiger charge is -2.49. The molecule has 52 heavy (non-hydrogen) atoms. The van der Waals surface area contributed by atoms with Gasteiger partial charge in [0.15, 0.2) is 16.7 Å². The van der Waals surface area contributed by atoms with Crippen molar-refractivity contribution in [2.75, 3.05) is 26.7 Å². The molecular weight excluding hydrogens is 742 g/mol. The van der Waals surface area contributed by atoms with Crippen LogP contribution in [0.25, 0.3) is 0 Å². The Morgan fingerprint density at radius 2 is 1.60 bits per heavy atom. The number of hydrogen-bond acceptors (Lipinski definition) is 13. The zero-order valence-electron chi connectivity index (χ0n) is 30.1.